The number of nitriles is 1. The normalized spacial score (nSPS) is 12.4. The highest BCUT2D eigenvalue weighted by atomic mass is 35.5. The largest absolute Gasteiger partial charge is 0.534 e. The summed E-state index contributed by atoms with van der Waals surface area (Å²) in [5.41, 5.74) is -7.56. The maximum Gasteiger partial charge on any atom is 0.534 e. The standard InChI is InChI=1S/C10H4ClF3N2O4S2/c1-16-8(17)5(3-15)7(4-2-6(11)21-9(4)16)20-22(18,19)10(12,13)14/h2H,1H3. The molecule has 2 aromatic rings. The molecule has 0 aromatic carbocycles. The first-order chi connectivity index (χ1) is 9.99. The van der Waals surface area contributed by atoms with Gasteiger partial charge in [-0.05, 0) is 6.07 Å². The molecule has 0 aliphatic heterocycles. The Kier molecular flexibility index (Phi) is 3.88. The van der Waals surface area contributed by atoms with E-state index in [2.05, 4.69) is 4.18 Å². The van der Waals surface area contributed by atoms with Crippen LogP contribution in [0.1, 0.15) is 5.56 Å². The van der Waals surface area contributed by atoms with Crippen molar-refractivity contribution in [2.24, 2.45) is 7.05 Å². The minimum atomic E-state index is -6.03. The van der Waals surface area contributed by atoms with E-state index in [0.717, 1.165) is 22.0 Å². The first kappa shape index (κ1) is 16.6. The Hall–Kier alpha value is -1.77. The van der Waals surface area contributed by atoms with Gasteiger partial charge in [0.1, 0.15) is 10.9 Å². The van der Waals surface area contributed by atoms with Crippen LogP contribution in [-0.4, -0.2) is 18.5 Å². The second-order valence-electron chi connectivity index (χ2n) is 3.93. The Balaban J connectivity index is 2.87. The lowest BCUT2D eigenvalue weighted by Gasteiger charge is -2.12. The van der Waals surface area contributed by atoms with Crippen LogP contribution in [0.5, 0.6) is 5.75 Å². The Labute approximate surface area is 130 Å². The zero-order valence-corrected chi connectivity index (χ0v) is 12.8. The van der Waals surface area contributed by atoms with Crippen LogP contribution in [0.2, 0.25) is 4.34 Å². The van der Waals surface area contributed by atoms with E-state index in [-0.39, 0.29) is 14.6 Å². The van der Waals surface area contributed by atoms with Crippen LogP contribution in [0.3, 0.4) is 0 Å². The molecule has 2 rings (SSSR count). The van der Waals surface area contributed by atoms with Gasteiger partial charge in [0.15, 0.2) is 11.3 Å². The van der Waals surface area contributed by atoms with Gasteiger partial charge in [-0.1, -0.05) is 11.6 Å². The molecule has 0 unspecified atom stereocenters. The predicted octanol–water partition coefficient (Wildman–Crippen LogP) is 2.35. The Bertz CT molecular complexity index is 969. The highest BCUT2D eigenvalue weighted by Gasteiger charge is 2.49. The molecule has 0 amide bonds. The molecule has 0 spiro atoms. The van der Waals surface area contributed by atoms with E-state index in [0.29, 0.717) is 0 Å². The minimum Gasteiger partial charge on any atom is -0.374 e. The summed E-state index contributed by atoms with van der Waals surface area (Å²) in [7, 11) is -4.77. The maximum absolute atomic E-state index is 12.4. The van der Waals surface area contributed by atoms with Crippen LogP contribution in [0.15, 0.2) is 10.9 Å². The second kappa shape index (κ2) is 5.15. The fraction of sp³-hybridized carbons (Fsp3) is 0.200. The van der Waals surface area contributed by atoms with Gasteiger partial charge >= 0.3 is 15.6 Å². The van der Waals surface area contributed by atoms with E-state index >= 15 is 0 Å². The van der Waals surface area contributed by atoms with Crippen molar-refractivity contribution in [2.45, 2.75) is 5.51 Å². The first-order valence-corrected chi connectivity index (χ1v) is 7.82. The average molecular weight is 373 g/mol. The smallest absolute Gasteiger partial charge is 0.374 e. The number of halogens is 4. The molecule has 0 N–H and O–H groups in total. The number of fused-ring (bicyclic) bond motifs is 1. The molecule has 6 nitrogen and oxygen atoms in total. The summed E-state index contributed by atoms with van der Waals surface area (Å²) in [6, 6.07) is 2.47. The third-order valence-electron chi connectivity index (χ3n) is 2.57. The Morgan fingerprint density at radius 1 is 1.45 bits per heavy atom. The summed E-state index contributed by atoms with van der Waals surface area (Å²) >= 11 is 6.55. The minimum absolute atomic E-state index is 0.0707. The first-order valence-electron chi connectivity index (χ1n) is 5.22. The van der Waals surface area contributed by atoms with Gasteiger partial charge in [-0.25, -0.2) is 0 Å². The number of pyridine rings is 1. The summed E-state index contributed by atoms with van der Waals surface area (Å²) in [5, 5.41) is 8.76. The van der Waals surface area contributed by atoms with E-state index in [1.165, 1.54) is 13.1 Å². The van der Waals surface area contributed by atoms with Gasteiger partial charge in [-0.15, -0.1) is 11.3 Å². The van der Waals surface area contributed by atoms with Gasteiger partial charge in [-0.3, -0.25) is 4.79 Å². The topological polar surface area (TPSA) is 89.2 Å². The number of nitrogens with zero attached hydrogens (tertiary/aromatic N) is 2. The lowest BCUT2D eigenvalue weighted by molar-refractivity contribution is -0.0499. The van der Waals surface area contributed by atoms with Crippen molar-refractivity contribution in [3.63, 3.8) is 0 Å². The maximum atomic E-state index is 12.4. The molecule has 12 heteroatoms. The number of aryl methyl sites for hydroxylation is 1. The lowest BCUT2D eigenvalue weighted by atomic mass is 10.2. The van der Waals surface area contributed by atoms with Gasteiger partial charge in [0.25, 0.3) is 5.56 Å². The third kappa shape index (κ3) is 2.53. The van der Waals surface area contributed by atoms with Crippen LogP contribution < -0.4 is 9.74 Å². The fourth-order valence-corrected chi connectivity index (χ4v) is 3.26. The Morgan fingerprint density at radius 3 is 2.55 bits per heavy atom. The molecule has 0 atom stereocenters. The van der Waals surface area contributed by atoms with Crippen molar-refractivity contribution in [1.82, 2.24) is 4.57 Å². The van der Waals surface area contributed by atoms with Crippen molar-refractivity contribution in [3.8, 4) is 11.8 Å². The zero-order chi connectivity index (χ0) is 16.9. The van der Waals surface area contributed by atoms with Crippen molar-refractivity contribution in [3.05, 3.63) is 26.3 Å². The fourth-order valence-electron chi connectivity index (χ4n) is 1.60. The van der Waals surface area contributed by atoms with E-state index in [4.69, 9.17) is 16.9 Å². The summed E-state index contributed by atoms with van der Waals surface area (Å²) in [5.74, 6) is -0.985. The molecular weight excluding hydrogens is 369 g/mol. The molecule has 0 aliphatic rings. The lowest BCUT2D eigenvalue weighted by Crippen LogP contribution is -2.30. The van der Waals surface area contributed by atoms with E-state index < -0.39 is 32.5 Å². The van der Waals surface area contributed by atoms with Crippen LogP contribution in [0.25, 0.3) is 10.2 Å². The summed E-state index contributed by atoms with van der Waals surface area (Å²) < 4.78 is 64.7. The number of alkyl halides is 3. The second-order valence-corrected chi connectivity index (χ2v) is 7.13. The summed E-state index contributed by atoms with van der Waals surface area (Å²) in [4.78, 5) is 12.0. The van der Waals surface area contributed by atoms with Crippen LogP contribution in [0.4, 0.5) is 13.2 Å². The zero-order valence-electron chi connectivity index (χ0n) is 10.4. The molecule has 0 saturated carbocycles. The average Bonchev–Trinajstić information content (AvgIpc) is 2.77. The monoisotopic (exact) mass is 372 g/mol. The third-order valence-corrected chi connectivity index (χ3v) is 4.86. The number of thiophene rings is 1. The van der Waals surface area contributed by atoms with Gasteiger partial charge in [-0.2, -0.15) is 26.9 Å². The molecule has 0 radical (unpaired) electrons. The highest BCUT2D eigenvalue weighted by molar-refractivity contribution is 7.88. The number of rotatable bonds is 2. The van der Waals surface area contributed by atoms with E-state index in [1.807, 2.05) is 0 Å². The molecule has 0 bridgehead atoms. The van der Waals surface area contributed by atoms with Crippen molar-refractivity contribution in [2.75, 3.05) is 0 Å². The molecule has 0 aliphatic carbocycles. The molecule has 0 fully saturated rings. The molecule has 22 heavy (non-hydrogen) atoms. The van der Waals surface area contributed by atoms with Crippen molar-refractivity contribution >= 4 is 43.3 Å². The quantitative estimate of drug-likeness (QED) is 0.596. The molecular formula is C10H4ClF3N2O4S2. The number of hydrogen-bond acceptors (Lipinski definition) is 6. The van der Waals surface area contributed by atoms with Gasteiger partial charge in [0.05, 0.1) is 9.72 Å². The Morgan fingerprint density at radius 2 is 2.05 bits per heavy atom. The SMILES string of the molecule is Cn1c(=O)c(C#N)c(OS(=O)(=O)C(F)(F)F)c2cc(Cl)sc21. The van der Waals surface area contributed by atoms with Crippen LogP contribution in [-0.2, 0) is 17.2 Å². The predicted molar refractivity (Wildman–Crippen MR) is 72.4 cm³/mol. The van der Waals surface area contributed by atoms with Crippen LogP contribution in [0, 0.1) is 11.3 Å². The van der Waals surface area contributed by atoms with Crippen molar-refractivity contribution < 1.29 is 25.8 Å². The van der Waals surface area contributed by atoms with Crippen molar-refractivity contribution in [1.29, 1.82) is 5.26 Å². The summed E-state index contributed by atoms with van der Waals surface area (Å²) in [6.45, 7) is 0. The molecule has 118 valence electrons. The van der Waals surface area contributed by atoms with E-state index in [9.17, 15) is 26.4 Å². The van der Waals surface area contributed by atoms with Gasteiger partial charge in [0, 0.05) is 7.05 Å². The van der Waals surface area contributed by atoms with E-state index in [1.54, 1.807) is 0 Å². The molecule has 2 aromatic heterocycles. The van der Waals surface area contributed by atoms with Gasteiger partial charge in [0.2, 0.25) is 0 Å². The number of hydrogen-bond donors (Lipinski definition) is 0. The van der Waals surface area contributed by atoms with Gasteiger partial charge < -0.3 is 8.75 Å². The van der Waals surface area contributed by atoms with Crippen LogP contribution >= 0.6 is 22.9 Å². The molecule has 0 saturated heterocycles. The summed E-state index contributed by atoms with van der Waals surface area (Å²) in [6.07, 6.45) is 0. The molecule has 2 heterocycles. The number of aromatic nitrogens is 1. The highest BCUT2D eigenvalue weighted by Crippen LogP contribution is 2.38.